The van der Waals surface area contributed by atoms with Crippen molar-refractivity contribution in [3.8, 4) is 0 Å². The largest absolute Gasteiger partial charge is 0.480 e. The molecule has 0 spiro atoms. The summed E-state index contributed by atoms with van der Waals surface area (Å²) in [5, 5.41) is 12.3. The smallest absolute Gasteiger partial charge is 0.325 e. The van der Waals surface area contributed by atoms with Gasteiger partial charge in [0.1, 0.15) is 6.04 Å². The number of aromatic nitrogens is 1. The van der Waals surface area contributed by atoms with Gasteiger partial charge in [0.2, 0.25) is 0 Å². The lowest BCUT2D eigenvalue weighted by Gasteiger charge is -2.14. The fourth-order valence-electron chi connectivity index (χ4n) is 1.90. The molecule has 2 aromatic rings. The van der Waals surface area contributed by atoms with Gasteiger partial charge in [0.25, 0.3) is 0 Å². The van der Waals surface area contributed by atoms with Gasteiger partial charge in [-0.05, 0) is 24.6 Å². The highest BCUT2D eigenvalue weighted by Crippen LogP contribution is 2.13. The maximum atomic E-state index is 11.3. The monoisotopic (exact) mass is 256 g/mol. The molecule has 2 rings (SSSR count). The van der Waals surface area contributed by atoms with E-state index >= 15 is 0 Å². The third kappa shape index (κ3) is 3.63. The number of pyridine rings is 1. The standard InChI is InChI=1S/C15H16N2O2/c1-11-6-5-9-13(17-11)10-16-14(15(18)19)12-7-3-2-4-8-12/h2-9,14,16H,10H2,1H3,(H,18,19). The van der Waals surface area contributed by atoms with Gasteiger partial charge in [-0.25, -0.2) is 0 Å². The Bertz CT molecular complexity index is 555. The first kappa shape index (κ1) is 13.2. The van der Waals surface area contributed by atoms with E-state index in [2.05, 4.69) is 10.3 Å². The number of hydrogen-bond acceptors (Lipinski definition) is 3. The molecule has 0 saturated carbocycles. The van der Waals surface area contributed by atoms with E-state index in [1.54, 1.807) is 12.1 Å². The molecule has 0 bridgehead atoms. The Morgan fingerprint density at radius 3 is 2.58 bits per heavy atom. The summed E-state index contributed by atoms with van der Waals surface area (Å²) < 4.78 is 0. The van der Waals surface area contributed by atoms with Crippen LogP contribution in [0.5, 0.6) is 0 Å². The van der Waals surface area contributed by atoms with Crippen LogP contribution in [0.2, 0.25) is 0 Å². The molecule has 0 aliphatic rings. The number of carboxylic acids is 1. The molecule has 1 aromatic heterocycles. The van der Waals surface area contributed by atoms with Crippen LogP contribution in [0.25, 0.3) is 0 Å². The van der Waals surface area contributed by atoms with E-state index in [1.165, 1.54) is 0 Å². The average Bonchev–Trinajstić information content (AvgIpc) is 2.40. The van der Waals surface area contributed by atoms with Crippen LogP contribution in [0.1, 0.15) is 23.0 Å². The fourth-order valence-corrected chi connectivity index (χ4v) is 1.90. The minimum atomic E-state index is -0.890. The van der Waals surface area contributed by atoms with Crippen molar-refractivity contribution >= 4 is 5.97 Å². The van der Waals surface area contributed by atoms with Gasteiger partial charge in [-0.2, -0.15) is 0 Å². The molecule has 0 radical (unpaired) electrons. The third-order valence-electron chi connectivity index (χ3n) is 2.81. The summed E-state index contributed by atoms with van der Waals surface area (Å²) in [5.74, 6) is -0.890. The highest BCUT2D eigenvalue weighted by molar-refractivity contribution is 5.75. The first-order valence-electron chi connectivity index (χ1n) is 6.10. The summed E-state index contributed by atoms with van der Waals surface area (Å²) in [5.41, 5.74) is 2.50. The zero-order chi connectivity index (χ0) is 13.7. The van der Waals surface area contributed by atoms with Crippen LogP contribution in [0.3, 0.4) is 0 Å². The number of rotatable bonds is 5. The van der Waals surface area contributed by atoms with Crippen molar-refractivity contribution in [1.82, 2.24) is 10.3 Å². The van der Waals surface area contributed by atoms with Gasteiger partial charge in [0.15, 0.2) is 0 Å². The zero-order valence-corrected chi connectivity index (χ0v) is 10.7. The molecule has 0 saturated heterocycles. The summed E-state index contributed by atoms with van der Waals surface area (Å²) in [6, 6.07) is 14.1. The van der Waals surface area contributed by atoms with Crippen molar-refractivity contribution in [2.45, 2.75) is 19.5 Å². The Morgan fingerprint density at radius 2 is 1.95 bits per heavy atom. The lowest BCUT2D eigenvalue weighted by atomic mass is 10.1. The van der Waals surface area contributed by atoms with Crippen molar-refractivity contribution in [1.29, 1.82) is 0 Å². The summed E-state index contributed by atoms with van der Waals surface area (Å²) in [6.07, 6.45) is 0. The predicted octanol–water partition coefficient (Wildman–Crippen LogP) is 2.31. The minimum Gasteiger partial charge on any atom is -0.480 e. The van der Waals surface area contributed by atoms with E-state index in [0.29, 0.717) is 6.54 Å². The molecular formula is C15H16N2O2. The van der Waals surface area contributed by atoms with Crippen molar-refractivity contribution in [3.05, 3.63) is 65.5 Å². The summed E-state index contributed by atoms with van der Waals surface area (Å²) in [6.45, 7) is 2.34. The highest BCUT2D eigenvalue weighted by atomic mass is 16.4. The molecule has 0 fully saturated rings. The van der Waals surface area contributed by atoms with Crippen molar-refractivity contribution in [2.75, 3.05) is 0 Å². The summed E-state index contributed by atoms with van der Waals surface area (Å²) >= 11 is 0. The number of nitrogens with zero attached hydrogens (tertiary/aromatic N) is 1. The lowest BCUT2D eigenvalue weighted by Crippen LogP contribution is -2.28. The normalized spacial score (nSPS) is 12.1. The molecule has 0 aliphatic carbocycles. The second-order valence-electron chi connectivity index (χ2n) is 4.33. The molecule has 2 N–H and O–H groups in total. The quantitative estimate of drug-likeness (QED) is 0.861. The number of carboxylic acid groups (broad SMARTS) is 1. The van der Waals surface area contributed by atoms with E-state index in [0.717, 1.165) is 17.0 Å². The van der Waals surface area contributed by atoms with Crippen LogP contribution in [0.15, 0.2) is 48.5 Å². The number of nitrogens with one attached hydrogen (secondary N) is 1. The lowest BCUT2D eigenvalue weighted by molar-refractivity contribution is -0.139. The molecule has 0 aliphatic heterocycles. The summed E-state index contributed by atoms with van der Waals surface area (Å²) in [4.78, 5) is 15.6. The maximum absolute atomic E-state index is 11.3. The van der Waals surface area contributed by atoms with Crippen molar-refractivity contribution < 1.29 is 9.90 Å². The Kier molecular flexibility index (Phi) is 4.26. The molecule has 1 atom stereocenters. The molecule has 1 aromatic carbocycles. The van der Waals surface area contributed by atoms with Crippen LogP contribution in [-0.4, -0.2) is 16.1 Å². The number of benzene rings is 1. The molecule has 4 heteroatoms. The summed E-state index contributed by atoms with van der Waals surface area (Å²) in [7, 11) is 0. The van der Waals surface area contributed by atoms with E-state index in [9.17, 15) is 9.90 Å². The van der Waals surface area contributed by atoms with E-state index < -0.39 is 12.0 Å². The van der Waals surface area contributed by atoms with Crippen LogP contribution in [0, 0.1) is 6.92 Å². The topological polar surface area (TPSA) is 62.2 Å². The zero-order valence-electron chi connectivity index (χ0n) is 10.7. The van der Waals surface area contributed by atoms with Gasteiger partial charge in [-0.1, -0.05) is 36.4 Å². The number of aryl methyl sites for hydroxylation is 1. The van der Waals surface area contributed by atoms with Gasteiger partial charge in [0, 0.05) is 12.2 Å². The number of hydrogen-bond donors (Lipinski definition) is 2. The van der Waals surface area contributed by atoms with Gasteiger partial charge in [-0.3, -0.25) is 15.1 Å². The van der Waals surface area contributed by atoms with Gasteiger partial charge in [0.05, 0.1) is 5.69 Å². The number of aliphatic carboxylic acids is 1. The van der Waals surface area contributed by atoms with E-state index in [4.69, 9.17) is 0 Å². The molecular weight excluding hydrogens is 240 g/mol. The third-order valence-corrected chi connectivity index (χ3v) is 2.81. The van der Waals surface area contributed by atoms with Crippen molar-refractivity contribution in [3.63, 3.8) is 0 Å². The molecule has 1 heterocycles. The molecule has 4 nitrogen and oxygen atoms in total. The first-order chi connectivity index (χ1) is 9.16. The Labute approximate surface area is 112 Å². The number of carbonyl (C=O) groups is 1. The molecule has 1 unspecified atom stereocenters. The van der Waals surface area contributed by atoms with Crippen LogP contribution < -0.4 is 5.32 Å². The van der Waals surface area contributed by atoms with Gasteiger partial charge in [-0.15, -0.1) is 0 Å². The molecule has 0 amide bonds. The second kappa shape index (κ2) is 6.11. The molecule has 98 valence electrons. The Balaban J connectivity index is 2.08. The fraction of sp³-hybridized carbons (Fsp3) is 0.200. The van der Waals surface area contributed by atoms with Crippen LogP contribution in [-0.2, 0) is 11.3 Å². The second-order valence-corrected chi connectivity index (χ2v) is 4.33. The van der Waals surface area contributed by atoms with Crippen molar-refractivity contribution in [2.24, 2.45) is 0 Å². The SMILES string of the molecule is Cc1cccc(CNC(C(=O)O)c2ccccc2)n1. The maximum Gasteiger partial charge on any atom is 0.325 e. The highest BCUT2D eigenvalue weighted by Gasteiger charge is 2.18. The predicted molar refractivity (Wildman–Crippen MR) is 72.6 cm³/mol. The van der Waals surface area contributed by atoms with Gasteiger partial charge < -0.3 is 5.11 Å². The van der Waals surface area contributed by atoms with Crippen LogP contribution in [0.4, 0.5) is 0 Å². The minimum absolute atomic E-state index is 0.424. The van der Waals surface area contributed by atoms with Crippen LogP contribution >= 0.6 is 0 Å². The Morgan fingerprint density at radius 1 is 1.21 bits per heavy atom. The van der Waals surface area contributed by atoms with E-state index in [1.807, 2.05) is 43.3 Å². The van der Waals surface area contributed by atoms with E-state index in [-0.39, 0.29) is 0 Å². The Hall–Kier alpha value is -2.20. The van der Waals surface area contributed by atoms with Gasteiger partial charge >= 0.3 is 5.97 Å². The molecule has 19 heavy (non-hydrogen) atoms. The average molecular weight is 256 g/mol. The first-order valence-corrected chi connectivity index (χ1v) is 6.10.